The van der Waals surface area contributed by atoms with E-state index in [9.17, 15) is 0 Å². The van der Waals surface area contributed by atoms with Crippen molar-refractivity contribution in [3.05, 3.63) is 60.2 Å². The molecule has 0 bridgehead atoms. The molecule has 0 fully saturated rings. The molecule has 0 amide bonds. The third kappa shape index (κ3) is 3.57. The fraction of sp³-hybridized carbons (Fsp3) is 0.250. The first kappa shape index (κ1) is 14.1. The molecule has 0 atom stereocenters. The standard InChI is InChI=1S/C16H18N2O2/c1-4-19-12(2)16-15(10-17-13(3)18-16)20-11-14-8-6-5-7-9-14/h5-10H,2,4,11H2,1,3H3. The topological polar surface area (TPSA) is 44.2 Å². The Balaban J connectivity index is 2.16. The van der Waals surface area contributed by atoms with Crippen molar-refractivity contribution in [1.29, 1.82) is 0 Å². The Labute approximate surface area is 119 Å². The van der Waals surface area contributed by atoms with Crippen LogP contribution in [0.3, 0.4) is 0 Å². The fourth-order valence-electron chi connectivity index (χ4n) is 1.74. The molecule has 0 aliphatic carbocycles. The van der Waals surface area contributed by atoms with Crippen molar-refractivity contribution >= 4 is 5.76 Å². The van der Waals surface area contributed by atoms with Gasteiger partial charge in [0.05, 0.1) is 12.8 Å². The van der Waals surface area contributed by atoms with E-state index in [1.807, 2.05) is 44.2 Å². The zero-order valence-corrected chi connectivity index (χ0v) is 11.8. The highest BCUT2D eigenvalue weighted by molar-refractivity contribution is 5.59. The second-order valence-electron chi connectivity index (χ2n) is 4.26. The van der Waals surface area contributed by atoms with Gasteiger partial charge in [-0.2, -0.15) is 0 Å². The van der Waals surface area contributed by atoms with Crippen molar-refractivity contribution in [3.8, 4) is 5.75 Å². The molecule has 0 saturated carbocycles. The molecule has 2 aromatic rings. The van der Waals surface area contributed by atoms with Gasteiger partial charge in [-0.25, -0.2) is 9.97 Å². The van der Waals surface area contributed by atoms with Gasteiger partial charge < -0.3 is 9.47 Å². The first-order chi connectivity index (χ1) is 9.70. The smallest absolute Gasteiger partial charge is 0.167 e. The molecule has 0 N–H and O–H groups in total. The average molecular weight is 270 g/mol. The van der Waals surface area contributed by atoms with Crippen molar-refractivity contribution in [2.75, 3.05) is 6.61 Å². The summed E-state index contributed by atoms with van der Waals surface area (Å²) in [6.07, 6.45) is 1.66. The number of rotatable bonds is 6. The molecule has 1 aromatic carbocycles. The average Bonchev–Trinajstić information content (AvgIpc) is 2.47. The summed E-state index contributed by atoms with van der Waals surface area (Å²) < 4.78 is 11.2. The molecule has 20 heavy (non-hydrogen) atoms. The van der Waals surface area contributed by atoms with Crippen molar-refractivity contribution in [1.82, 2.24) is 9.97 Å². The maximum absolute atomic E-state index is 5.78. The van der Waals surface area contributed by atoms with Gasteiger partial charge in [0.1, 0.15) is 23.9 Å². The summed E-state index contributed by atoms with van der Waals surface area (Å²) in [6, 6.07) is 9.94. The molecule has 0 radical (unpaired) electrons. The van der Waals surface area contributed by atoms with Gasteiger partial charge >= 0.3 is 0 Å². The van der Waals surface area contributed by atoms with Crippen LogP contribution in [0.2, 0.25) is 0 Å². The predicted molar refractivity (Wildman–Crippen MR) is 78.2 cm³/mol. The van der Waals surface area contributed by atoms with Crippen LogP contribution in [0.25, 0.3) is 5.76 Å². The van der Waals surface area contributed by atoms with Gasteiger partial charge in [-0.1, -0.05) is 36.9 Å². The van der Waals surface area contributed by atoms with E-state index in [4.69, 9.17) is 9.47 Å². The second-order valence-corrected chi connectivity index (χ2v) is 4.26. The molecule has 0 spiro atoms. The van der Waals surface area contributed by atoms with Crippen LogP contribution in [-0.2, 0) is 11.3 Å². The van der Waals surface area contributed by atoms with Crippen LogP contribution in [0.5, 0.6) is 5.75 Å². The lowest BCUT2D eigenvalue weighted by Crippen LogP contribution is -2.04. The molecule has 0 unspecified atom stereocenters. The molecule has 1 aromatic heterocycles. The van der Waals surface area contributed by atoms with Crippen LogP contribution in [0, 0.1) is 6.92 Å². The first-order valence-electron chi connectivity index (χ1n) is 6.53. The third-order valence-corrected chi connectivity index (χ3v) is 2.70. The van der Waals surface area contributed by atoms with E-state index >= 15 is 0 Å². The minimum atomic E-state index is 0.458. The summed E-state index contributed by atoms with van der Waals surface area (Å²) >= 11 is 0. The van der Waals surface area contributed by atoms with Crippen LogP contribution in [-0.4, -0.2) is 16.6 Å². The molecule has 4 heteroatoms. The lowest BCUT2D eigenvalue weighted by atomic mass is 10.2. The Bertz CT molecular complexity index is 582. The van der Waals surface area contributed by atoms with Gasteiger partial charge in [0.15, 0.2) is 5.75 Å². The number of aromatic nitrogens is 2. The lowest BCUT2D eigenvalue weighted by Gasteiger charge is -2.13. The monoisotopic (exact) mass is 270 g/mol. The van der Waals surface area contributed by atoms with Gasteiger partial charge in [-0.3, -0.25) is 0 Å². The van der Waals surface area contributed by atoms with E-state index in [2.05, 4.69) is 16.5 Å². The van der Waals surface area contributed by atoms with Crippen molar-refractivity contribution in [3.63, 3.8) is 0 Å². The normalized spacial score (nSPS) is 10.1. The molecular weight excluding hydrogens is 252 g/mol. The minimum absolute atomic E-state index is 0.458. The van der Waals surface area contributed by atoms with Crippen molar-refractivity contribution in [2.45, 2.75) is 20.5 Å². The maximum atomic E-state index is 5.78. The van der Waals surface area contributed by atoms with Gasteiger partial charge in [0.2, 0.25) is 0 Å². The first-order valence-corrected chi connectivity index (χ1v) is 6.53. The molecule has 104 valence electrons. The second kappa shape index (κ2) is 6.70. The molecule has 0 saturated heterocycles. The number of aryl methyl sites for hydroxylation is 1. The molecule has 0 aliphatic rings. The third-order valence-electron chi connectivity index (χ3n) is 2.70. The highest BCUT2D eigenvalue weighted by atomic mass is 16.5. The Morgan fingerprint density at radius 1 is 1.25 bits per heavy atom. The molecular formula is C16H18N2O2. The van der Waals surface area contributed by atoms with E-state index < -0.39 is 0 Å². The van der Waals surface area contributed by atoms with Gasteiger partial charge in [-0.15, -0.1) is 0 Å². The maximum Gasteiger partial charge on any atom is 0.167 e. The number of nitrogens with zero attached hydrogens (tertiary/aromatic N) is 2. The largest absolute Gasteiger partial charge is 0.492 e. The number of hydrogen-bond donors (Lipinski definition) is 0. The highest BCUT2D eigenvalue weighted by Gasteiger charge is 2.11. The van der Waals surface area contributed by atoms with Gasteiger partial charge in [-0.05, 0) is 19.4 Å². The lowest BCUT2D eigenvalue weighted by molar-refractivity contribution is 0.281. The molecule has 2 rings (SSSR count). The zero-order chi connectivity index (χ0) is 14.4. The summed E-state index contributed by atoms with van der Waals surface area (Å²) in [4.78, 5) is 8.51. The van der Waals surface area contributed by atoms with E-state index in [0.29, 0.717) is 36.2 Å². The SMILES string of the molecule is C=C(OCC)c1nc(C)ncc1OCc1ccccc1. The van der Waals surface area contributed by atoms with Crippen LogP contribution < -0.4 is 4.74 Å². The fourth-order valence-corrected chi connectivity index (χ4v) is 1.74. The Morgan fingerprint density at radius 2 is 2.00 bits per heavy atom. The molecule has 1 heterocycles. The van der Waals surface area contributed by atoms with Crippen LogP contribution in [0.15, 0.2) is 43.1 Å². The van der Waals surface area contributed by atoms with E-state index in [1.165, 1.54) is 0 Å². The highest BCUT2D eigenvalue weighted by Crippen LogP contribution is 2.24. The summed E-state index contributed by atoms with van der Waals surface area (Å²) in [5.74, 6) is 1.74. The van der Waals surface area contributed by atoms with Crippen molar-refractivity contribution in [2.24, 2.45) is 0 Å². The Hall–Kier alpha value is -2.36. The van der Waals surface area contributed by atoms with Gasteiger partial charge in [0, 0.05) is 0 Å². The number of ether oxygens (including phenoxy) is 2. The summed E-state index contributed by atoms with van der Waals surface area (Å²) in [6.45, 7) is 8.61. The van der Waals surface area contributed by atoms with Crippen LogP contribution >= 0.6 is 0 Å². The van der Waals surface area contributed by atoms with E-state index in [-0.39, 0.29) is 0 Å². The molecule has 0 aliphatic heterocycles. The minimum Gasteiger partial charge on any atom is -0.492 e. The summed E-state index contributed by atoms with van der Waals surface area (Å²) in [5, 5.41) is 0. The number of hydrogen-bond acceptors (Lipinski definition) is 4. The molecule has 4 nitrogen and oxygen atoms in total. The quantitative estimate of drug-likeness (QED) is 0.755. The van der Waals surface area contributed by atoms with Crippen molar-refractivity contribution < 1.29 is 9.47 Å². The Kier molecular flexibility index (Phi) is 4.71. The van der Waals surface area contributed by atoms with Crippen LogP contribution in [0.4, 0.5) is 0 Å². The number of benzene rings is 1. The Morgan fingerprint density at radius 3 is 2.70 bits per heavy atom. The van der Waals surface area contributed by atoms with Crippen LogP contribution in [0.1, 0.15) is 24.0 Å². The van der Waals surface area contributed by atoms with E-state index in [0.717, 1.165) is 5.56 Å². The van der Waals surface area contributed by atoms with E-state index in [1.54, 1.807) is 6.20 Å². The summed E-state index contributed by atoms with van der Waals surface area (Å²) in [5.41, 5.74) is 1.69. The summed E-state index contributed by atoms with van der Waals surface area (Å²) in [7, 11) is 0. The predicted octanol–water partition coefficient (Wildman–Crippen LogP) is 3.37. The zero-order valence-electron chi connectivity index (χ0n) is 11.8. The van der Waals surface area contributed by atoms with Gasteiger partial charge in [0.25, 0.3) is 0 Å².